The Morgan fingerprint density at radius 2 is 1.91 bits per heavy atom. The van der Waals surface area contributed by atoms with E-state index in [-0.39, 0.29) is 18.7 Å². The number of carbonyl (C=O) groups excluding carboxylic acids is 2. The summed E-state index contributed by atoms with van der Waals surface area (Å²) in [7, 11) is 1.37. The molecule has 0 aliphatic carbocycles. The molecule has 1 N–H and O–H groups in total. The van der Waals surface area contributed by atoms with Crippen molar-refractivity contribution in [1.82, 2.24) is 0 Å². The molecule has 1 rings (SSSR count). The Kier molecular flexibility index (Phi) is 6.07. The zero-order chi connectivity index (χ0) is 16.8. The fourth-order valence-corrected chi connectivity index (χ4v) is 1.58. The number of nitriles is 1. The lowest BCUT2D eigenvalue weighted by molar-refractivity contribution is -0.137. The molecule has 0 fully saturated rings. The fraction of sp³-hybridized carbons (Fsp3) is 0.357. The fourth-order valence-electron chi connectivity index (χ4n) is 1.58. The largest absolute Gasteiger partial charge is 0.416 e. The third-order valence-corrected chi connectivity index (χ3v) is 2.75. The van der Waals surface area contributed by atoms with Gasteiger partial charge in [0.05, 0.1) is 18.2 Å². The lowest BCUT2D eigenvalue weighted by Gasteiger charge is -2.11. The van der Waals surface area contributed by atoms with Gasteiger partial charge in [0.25, 0.3) is 0 Å². The van der Waals surface area contributed by atoms with Crippen LogP contribution in [-0.2, 0) is 20.5 Å². The molecule has 0 bridgehead atoms. The first-order valence-corrected chi connectivity index (χ1v) is 6.19. The van der Waals surface area contributed by atoms with Crippen LogP contribution in [-0.4, -0.2) is 25.4 Å². The van der Waals surface area contributed by atoms with Crippen LogP contribution in [0.5, 0.6) is 0 Å². The zero-order valence-electron chi connectivity index (χ0n) is 11.6. The summed E-state index contributed by atoms with van der Waals surface area (Å²) < 4.78 is 41.9. The van der Waals surface area contributed by atoms with Gasteiger partial charge in [-0.05, 0) is 24.3 Å². The lowest BCUT2D eigenvalue weighted by atomic mass is 10.0. The molecule has 1 atom stereocenters. The lowest BCUT2D eigenvalue weighted by Crippen LogP contribution is -2.29. The zero-order valence-corrected chi connectivity index (χ0v) is 11.6. The van der Waals surface area contributed by atoms with Gasteiger partial charge in [-0.25, -0.2) is 0 Å². The highest BCUT2D eigenvalue weighted by Crippen LogP contribution is 2.29. The van der Waals surface area contributed by atoms with E-state index in [1.165, 1.54) is 7.11 Å². The summed E-state index contributed by atoms with van der Waals surface area (Å²) in [5.74, 6) is -3.03. The molecule has 0 aliphatic rings. The van der Waals surface area contributed by atoms with Crippen molar-refractivity contribution >= 4 is 17.4 Å². The van der Waals surface area contributed by atoms with E-state index in [0.717, 1.165) is 24.3 Å². The van der Waals surface area contributed by atoms with E-state index in [1.807, 2.05) is 0 Å². The van der Waals surface area contributed by atoms with Gasteiger partial charge in [0.1, 0.15) is 0 Å². The summed E-state index contributed by atoms with van der Waals surface area (Å²) in [6.07, 6.45) is -4.58. The van der Waals surface area contributed by atoms with E-state index in [9.17, 15) is 22.8 Å². The van der Waals surface area contributed by atoms with Gasteiger partial charge < -0.3 is 10.1 Å². The highest BCUT2D eigenvalue weighted by Gasteiger charge is 2.30. The van der Waals surface area contributed by atoms with Crippen LogP contribution in [0, 0.1) is 17.2 Å². The number of ketones is 1. The van der Waals surface area contributed by atoms with E-state index in [1.54, 1.807) is 6.07 Å². The van der Waals surface area contributed by atoms with E-state index in [0.29, 0.717) is 0 Å². The van der Waals surface area contributed by atoms with Gasteiger partial charge in [-0.3, -0.25) is 9.59 Å². The van der Waals surface area contributed by atoms with Crippen molar-refractivity contribution in [3.63, 3.8) is 0 Å². The molecular weight excluding hydrogens is 301 g/mol. The maximum atomic E-state index is 12.4. The topological polar surface area (TPSA) is 79.2 Å². The molecule has 0 saturated carbocycles. The van der Waals surface area contributed by atoms with Crippen molar-refractivity contribution in [1.29, 1.82) is 5.26 Å². The van der Waals surface area contributed by atoms with Crippen molar-refractivity contribution in [2.45, 2.75) is 12.6 Å². The number of anilines is 1. The monoisotopic (exact) mass is 314 g/mol. The van der Waals surface area contributed by atoms with Gasteiger partial charge in [0.2, 0.25) is 5.91 Å². The average molecular weight is 314 g/mol. The molecule has 1 aromatic carbocycles. The number of nitrogens with one attached hydrogen (secondary N) is 1. The predicted molar refractivity (Wildman–Crippen MR) is 70.7 cm³/mol. The van der Waals surface area contributed by atoms with Gasteiger partial charge >= 0.3 is 6.18 Å². The van der Waals surface area contributed by atoms with Crippen LogP contribution in [0.4, 0.5) is 18.9 Å². The van der Waals surface area contributed by atoms with E-state index in [4.69, 9.17) is 5.26 Å². The minimum absolute atomic E-state index is 0.0674. The number of Topliss-reactive ketones (excluding diaryl/α,β-unsaturated/α-hetero) is 1. The minimum Gasteiger partial charge on any atom is -0.384 e. The van der Waals surface area contributed by atoms with Crippen molar-refractivity contribution in [2.75, 3.05) is 19.0 Å². The van der Waals surface area contributed by atoms with Crippen molar-refractivity contribution in [3.05, 3.63) is 29.8 Å². The number of alkyl halides is 3. The number of ether oxygens (including phenoxy) is 1. The first kappa shape index (κ1) is 17.7. The summed E-state index contributed by atoms with van der Waals surface area (Å²) in [5, 5.41) is 11.1. The summed E-state index contributed by atoms with van der Waals surface area (Å²) in [4.78, 5) is 23.5. The molecule has 1 amide bonds. The Labute approximate surface area is 124 Å². The molecule has 1 unspecified atom stereocenters. The van der Waals surface area contributed by atoms with Gasteiger partial charge in [-0.15, -0.1) is 0 Å². The molecule has 8 heteroatoms. The molecule has 0 heterocycles. The van der Waals surface area contributed by atoms with Crippen LogP contribution in [0.1, 0.15) is 12.0 Å². The smallest absolute Gasteiger partial charge is 0.384 e. The molecule has 5 nitrogen and oxygen atoms in total. The molecule has 0 saturated heterocycles. The molecule has 22 heavy (non-hydrogen) atoms. The van der Waals surface area contributed by atoms with Crippen molar-refractivity contribution in [3.8, 4) is 6.07 Å². The predicted octanol–water partition coefficient (Wildman–Crippen LogP) is 2.39. The number of hydrogen-bond acceptors (Lipinski definition) is 4. The third kappa shape index (κ3) is 4.86. The molecule has 0 spiro atoms. The van der Waals surface area contributed by atoms with Gasteiger partial charge in [0.15, 0.2) is 11.7 Å². The second kappa shape index (κ2) is 7.56. The highest BCUT2D eigenvalue weighted by molar-refractivity contribution is 6.09. The summed E-state index contributed by atoms with van der Waals surface area (Å²) in [5.41, 5.74) is -0.795. The third-order valence-electron chi connectivity index (χ3n) is 2.75. The second-order valence-corrected chi connectivity index (χ2v) is 4.34. The molecule has 118 valence electrons. The highest BCUT2D eigenvalue weighted by atomic mass is 19.4. The number of nitrogens with zero attached hydrogens (tertiary/aromatic N) is 1. The maximum absolute atomic E-state index is 12.4. The number of hydrogen-bond donors (Lipinski definition) is 1. The summed E-state index contributed by atoms with van der Waals surface area (Å²) in [6.45, 7) is 0.0740. The number of rotatable bonds is 6. The second-order valence-electron chi connectivity index (χ2n) is 4.34. The number of amides is 1. The Morgan fingerprint density at radius 3 is 2.36 bits per heavy atom. The van der Waals surface area contributed by atoms with Crippen LogP contribution in [0.25, 0.3) is 0 Å². The number of carbonyl (C=O) groups is 2. The van der Waals surface area contributed by atoms with Crippen LogP contribution in [0.15, 0.2) is 24.3 Å². The number of benzene rings is 1. The SMILES string of the molecule is COCCC(=O)C(C#N)C(=O)Nc1ccc(C(F)(F)F)cc1. The maximum Gasteiger partial charge on any atom is 0.416 e. The Hall–Kier alpha value is -2.40. The van der Waals surface area contributed by atoms with Crippen LogP contribution in [0.3, 0.4) is 0 Å². The van der Waals surface area contributed by atoms with Crippen LogP contribution in [0.2, 0.25) is 0 Å². The van der Waals surface area contributed by atoms with Crippen molar-refractivity contribution in [2.24, 2.45) is 5.92 Å². The van der Waals surface area contributed by atoms with Gasteiger partial charge in [-0.1, -0.05) is 0 Å². The van der Waals surface area contributed by atoms with Crippen LogP contribution >= 0.6 is 0 Å². The van der Waals surface area contributed by atoms with E-state index < -0.39 is 29.3 Å². The Morgan fingerprint density at radius 1 is 1.32 bits per heavy atom. The van der Waals surface area contributed by atoms with Crippen molar-refractivity contribution < 1.29 is 27.5 Å². The molecular formula is C14H13F3N2O3. The average Bonchev–Trinajstić information content (AvgIpc) is 2.45. The Bertz CT molecular complexity index is 576. The molecule has 0 aromatic heterocycles. The normalized spacial score (nSPS) is 12.3. The Balaban J connectivity index is 2.75. The molecule has 0 aliphatic heterocycles. The number of methoxy groups -OCH3 is 1. The van der Waals surface area contributed by atoms with Crippen LogP contribution < -0.4 is 5.32 Å². The van der Waals surface area contributed by atoms with E-state index >= 15 is 0 Å². The van der Waals surface area contributed by atoms with E-state index in [2.05, 4.69) is 10.1 Å². The summed E-state index contributed by atoms with van der Waals surface area (Å²) >= 11 is 0. The molecule has 0 radical (unpaired) electrons. The first-order chi connectivity index (χ1) is 10.3. The number of halogens is 3. The van der Waals surface area contributed by atoms with Gasteiger partial charge in [0, 0.05) is 19.2 Å². The van der Waals surface area contributed by atoms with Gasteiger partial charge in [-0.2, -0.15) is 18.4 Å². The first-order valence-electron chi connectivity index (χ1n) is 6.19. The summed E-state index contributed by atoms with van der Waals surface area (Å²) in [6, 6.07) is 5.26. The minimum atomic E-state index is -4.48. The molecule has 1 aromatic rings. The quantitative estimate of drug-likeness (QED) is 0.818. The standard InChI is InChI=1S/C14H13F3N2O3/c1-22-7-6-12(20)11(8-18)13(21)19-10-4-2-9(3-5-10)14(15,16)17/h2-5,11H,6-7H2,1H3,(H,19,21).